The molecule has 2 aromatic carbocycles. The number of rotatable bonds is 8. The summed E-state index contributed by atoms with van der Waals surface area (Å²) in [5.74, 6) is -1.67. The third kappa shape index (κ3) is 4.24. The van der Waals surface area contributed by atoms with Gasteiger partial charge in [0.1, 0.15) is 29.5 Å². The highest BCUT2D eigenvalue weighted by molar-refractivity contribution is 6.07. The van der Waals surface area contributed by atoms with E-state index in [2.05, 4.69) is 10.3 Å². The molecule has 0 spiro atoms. The normalized spacial score (nSPS) is 11.5. The monoisotopic (exact) mass is 416 g/mol. The third-order valence-electron chi connectivity index (χ3n) is 5.07. The molecule has 0 saturated carbocycles. The van der Waals surface area contributed by atoms with Crippen LogP contribution in [0.2, 0.25) is 0 Å². The van der Waals surface area contributed by atoms with Gasteiger partial charge in [0.15, 0.2) is 0 Å². The number of hydrogen-bond acceptors (Lipinski definition) is 5. The second-order valence-corrected chi connectivity index (χ2v) is 6.90. The maximum atomic E-state index is 13.9. The van der Waals surface area contributed by atoms with Gasteiger partial charge in [0.2, 0.25) is 0 Å². The second-order valence-electron chi connectivity index (χ2n) is 6.90. The van der Waals surface area contributed by atoms with Crippen LogP contribution >= 0.6 is 0 Å². The van der Waals surface area contributed by atoms with Crippen molar-refractivity contribution < 1.29 is 28.5 Å². The lowest BCUT2D eigenvalue weighted by molar-refractivity contribution is 0.0654. The van der Waals surface area contributed by atoms with E-state index in [1.54, 1.807) is 25.1 Å². The number of benzene rings is 2. The van der Waals surface area contributed by atoms with Gasteiger partial charge in [-0.1, -0.05) is 25.1 Å². The average Bonchev–Trinajstić information content (AvgIpc) is 2.76. The van der Waals surface area contributed by atoms with Gasteiger partial charge in [-0.15, -0.1) is 0 Å². The Bertz CT molecular complexity index is 1030. The number of amides is 1. The van der Waals surface area contributed by atoms with E-state index in [0.717, 1.165) is 12.1 Å². The highest BCUT2D eigenvalue weighted by Crippen LogP contribution is 2.28. The van der Waals surface area contributed by atoms with E-state index in [1.165, 1.54) is 18.3 Å². The van der Waals surface area contributed by atoms with Crippen molar-refractivity contribution >= 4 is 16.8 Å². The van der Waals surface area contributed by atoms with E-state index in [-0.39, 0.29) is 23.5 Å². The molecular formula is C22H22F2N2O4. The van der Waals surface area contributed by atoms with Crippen molar-refractivity contribution in [2.75, 3.05) is 13.2 Å². The van der Waals surface area contributed by atoms with Crippen LogP contribution in [-0.2, 0) is 6.61 Å². The average molecular weight is 416 g/mol. The number of nitrogens with zero attached hydrogens (tertiary/aromatic N) is 1. The van der Waals surface area contributed by atoms with Gasteiger partial charge in [-0.2, -0.15) is 0 Å². The summed E-state index contributed by atoms with van der Waals surface area (Å²) in [6, 6.07) is 9.97. The molecule has 0 saturated heterocycles. The fourth-order valence-corrected chi connectivity index (χ4v) is 3.03. The number of aromatic nitrogens is 1. The zero-order valence-corrected chi connectivity index (χ0v) is 16.4. The fraction of sp³-hybridized carbons (Fsp3) is 0.273. The van der Waals surface area contributed by atoms with Crippen molar-refractivity contribution in [1.82, 2.24) is 10.3 Å². The van der Waals surface area contributed by atoms with Gasteiger partial charge in [0, 0.05) is 11.6 Å². The van der Waals surface area contributed by atoms with E-state index in [1.807, 2.05) is 0 Å². The summed E-state index contributed by atoms with van der Waals surface area (Å²) in [5.41, 5.74) is -0.746. The summed E-state index contributed by atoms with van der Waals surface area (Å²) in [6.45, 7) is 0.559. The van der Waals surface area contributed by atoms with Crippen LogP contribution in [-0.4, -0.2) is 39.9 Å². The molecule has 3 N–H and O–H groups in total. The Morgan fingerprint density at radius 1 is 1.10 bits per heavy atom. The number of carbonyl (C=O) groups excluding carboxylic acids is 1. The Balaban J connectivity index is 1.92. The lowest BCUT2D eigenvalue weighted by Gasteiger charge is -2.29. The topological polar surface area (TPSA) is 91.7 Å². The third-order valence-corrected chi connectivity index (χ3v) is 5.07. The molecule has 3 rings (SSSR count). The molecule has 3 aromatic rings. The standard InChI is InChI=1S/C22H22F2N2O4/c1-2-22(12-27,13-28)26-21(29)15-9-10-25-20-14(15)5-3-8-19(20)30-11-16-17(23)6-4-7-18(16)24/h3-10,27-28H,2,11-13H2,1H3,(H,26,29). The smallest absolute Gasteiger partial charge is 0.252 e. The zero-order valence-electron chi connectivity index (χ0n) is 16.4. The number of para-hydroxylation sites is 1. The Labute approximate surface area is 172 Å². The van der Waals surface area contributed by atoms with Crippen LogP contribution in [0.3, 0.4) is 0 Å². The predicted octanol–water partition coefficient (Wildman–Crippen LogP) is 2.96. The van der Waals surface area contributed by atoms with Gasteiger partial charge in [0.25, 0.3) is 5.91 Å². The van der Waals surface area contributed by atoms with E-state index < -0.39 is 36.3 Å². The quantitative estimate of drug-likeness (QED) is 0.525. The Hall–Kier alpha value is -3.10. The second kappa shape index (κ2) is 9.15. The van der Waals surface area contributed by atoms with E-state index in [9.17, 15) is 23.8 Å². The molecule has 0 radical (unpaired) electrons. The molecule has 0 fully saturated rings. The molecule has 30 heavy (non-hydrogen) atoms. The summed E-state index contributed by atoms with van der Waals surface area (Å²) in [4.78, 5) is 17.1. The molecular weight excluding hydrogens is 394 g/mol. The van der Waals surface area contributed by atoms with Crippen molar-refractivity contribution in [3.8, 4) is 5.75 Å². The first-order valence-electron chi connectivity index (χ1n) is 9.42. The van der Waals surface area contributed by atoms with Crippen LogP contribution in [0.15, 0.2) is 48.7 Å². The number of fused-ring (bicyclic) bond motifs is 1. The maximum Gasteiger partial charge on any atom is 0.252 e. The summed E-state index contributed by atoms with van der Waals surface area (Å²) >= 11 is 0. The van der Waals surface area contributed by atoms with Gasteiger partial charge in [-0.3, -0.25) is 9.78 Å². The van der Waals surface area contributed by atoms with Crippen molar-refractivity contribution in [1.29, 1.82) is 0 Å². The van der Waals surface area contributed by atoms with E-state index in [0.29, 0.717) is 17.3 Å². The van der Waals surface area contributed by atoms with Crippen LogP contribution in [0.4, 0.5) is 8.78 Å². The van der Waals surface area contributed by atoms with E-state index in [4.69, 9.17) is 4.74 Å². The van der Waals surface area contributed by atoms with Crippen molar-refractivity contribution in [2.45, 2.75) is 25.5 Å². The van der Waals surface area contributed by atoms with Gasteiger partial charge < -0.3 is 20.3 Å². The largest absolute Gasteiger partial charge is 0.486 e. The first kappa shape index (κ1) is 21.6. The van der Waals surface area contributed by atoms with Crippen LogP contribution in [0, 0.1) is 11.6 Å². The summed E-state index contributed by atoms with van der Waals surface area (Å²) in [5, 5.41) is 22.3. The fourth-order valence-electron chi connectivity index (χ4n) is 3.03. The number of hydrogen-bond donors (Lipinski definition) is 3. The van der Waals surface area contributed by atoms with Gasteiger partial charge in [0.05, 0.1) is 29.9 Å². The molecule has 1 aromatic heterocycles. The highest BCUT2D eigenvalue weighted by Gasteiger charge is 2.29. The van der Waals surface area contributed by atoms with Gasteiger partial charge in [-0.05, 0) is 30.7 Å². The number of halogens is 2. The Morgan fingerprint density at radius 3 is 2.40 bits per heavy atom. The highest BCUT2D eigenvalue weighted by atomic mass is 19.1. The molecule has 1 heterocycles. The molecule has 0 atom stereocenters. The molecule has 0 unspecified atom stereocenters. The molecule has 0 aliphatic rings. The maximum absolute atomic E-state index is 13.9. The lowest BCUT2D eigenvalue weighted by atomic mass is 9.97. The number of carbonyl (C=O) groups is 1. The first-order valence-corrected chi connectivity index (χ1v) is 9.42. The Morgan fingerprint density at radius 2 is 1.77 bits per heavy atom. The molecule has 0 aliphatic heterocycles. The zero-order chi connectivity index (χ0) is 21.7. The van der Waals surface area contributed by atoms with Crippen LogP contribution in [0.25, 0.3) is 10.9 Å². The Kier molecular flexibility index (Phi) is 6.59. The van der Waals surface area contributed by atoms with E-state index >= 15 is 0 Å². The molecule has 158 valence electrons. The summed E-state index contributed by atoms with van der Waals surface area (Å²) < 4.78 is 33.3. The molecule has 8 heteroatoms. The number of ether oxygens (including phenoxy) is 1. The first-order chi connectivity index (χ1) is 14.4. The number of aliphatic hydroxyl groups excluding tert-OH is 2. The predicted molar refractivity (Wildman–Crippen MR) is 107 cm³/mol. The van der Waals surface area contributed by atoms with Crippen molar-refractivity contribution in [3.05, 3.63) is 71.4 Å². The van der Waals surface area contributed by atoms with Crippen molar-refractivity contribution in [2.24, 2.45) is 0 Å². The van der Waals surface area contributed by atoms with Crippen LogP contribution < -0.4 is 10.1 Å². The molecule has 0 aliphatic carbocycles. The van der Waals surface area contributed by atoms with Crippen LogP contribution in [0.1, 0.15) is 29.3 Å². The number of nitrogens with one attached hydrogen (secondary N) is 1. The molecule has 6 nitrogen and oxygen atoms in total. The van der Waals surface area contributed by atoms with Crippen molar-refractivity contribution in [3.63, 3.8) is 0 Å². The van der Waals surface area contributed by atoms with Crippen LogP contribution in [0.5, 0.6) is 5.75 Å². The minimum Gasteiger partial charge on any atom is -0.486 e. The minimum absolute atomic E-state index is 0.206. The number of aliphatic hydroxyl groups is 2. The molecule has 0 bridgehead atoms. The lowest BCUT2D eigenvalue weighted by Crippen LogP contribution is -2.53. The number of pyridine rings is 1. The van der Waals surface area contributed by atoms with Gasteiger partial charge >= 0.3 is 0 Å². The SMILES string of the molecule is CCC(CO)(CO)NC(=O)c1ccnc2c(OCc3c(F)cccc3F)cccc12. The summed E-state index contributed by atoms with van der Waals surface area (Å²) in [7, 11) is 0. The van der Waals surface area contributed by atoms with Gasteiger partial charge in [-0.25, -0.2) is 8.78 Å². The summed E-state index contributed by atoms with van der Waals surface area (Å²) in [6.07, 6.45) is 1.75. The minimum atomic E-state index is -1.15. The molecule has 1 amide bonds.